The summed E-state index contributed by atoms with van der Waals surface area (Å²) in [4.78, 5) is 4.35. The van der Waals surface area contributed by atoms with Gasteiger partial charge in [-0.25, -0.2) is 0 Å². The molecule has 3 aromatic rings. The Morgan fingerprint density at radius 3 is 2.86 bits per heavy atom. The normalized spacial score (nSPS) is 11.2. The van der Waals surface area contributed by atoms with Crippen molar-refractivity contribution in [3.05, 3.63) is 42.2 Å². The van der Waals surface area contributed by atoms with Crippen LogP contribution >= 0.6 is 0 Å². The van der Waals surface area contributed by atoms with Gasteiger partial charge in [0.25, 0.3) is 0 Å². The standard InChI is InChI=1S/C12H9NSe/c1-8-6-10-9-4-2-3-5-11(9)14-12(10)7-13-8/h2-7H,1H3. The van der Waals surface area contributed by atoms with Gasteiger partial charge in [0.15, 0.2) is 0 Å². The molecule has 0 spiro atoms. The molecule has 0 atom stereocenters. The molecule has 0 N–H and O–H groups in total. The van der Waals surface area contributed by atoms with Gasteiger partial charge < -0.3 is 0 Å². The number of pyridine rings is 1. The molecule has 0 saturated carbocycles. The molecule has 0 unspecified atom stereocenters. The van der Waals surface area contributed by atoms with Crippen LogP contribution in [0.3, 0.4) is 0 Å². The van der Waals surface area contributed by atoms with Gasteiger partial charge >= 0.3 is 87.9 Å². The topological polar surface area (TPSA) is 12.9 Å². The molecule has 0 bridgehead atoms. The second-order valence-corrected chi connectivity index (χ2v) is 5.69. The van der Waals surface area contributed by atoms with Gasteiger partial charge in [-0.1, -0.05) is 0 Å². The van der Waals surface area contributed by atoms with Crippen molar-refractivity contribution < 1.29 is 0 Å². The molecule has 1 aromatic carbocycles. The molecule has 0 aliphatic carbocycles. The van der Waals surface area contributed by atoms with Crippen molar-refractivity contribution in [2.24, 2.45) is 0 Å². The zero-order valence-electron chi connectivity index (χ0n) is 7.82. The van der Waals surface area contributed by atoms with Gasteiger partial charge in [-0.2, -0.15) is 0 Å². The van der Waals surface area contributed by atoms with Gasteiger partial charge in [0.2, 0.25) is 0 Å². The van der Waals surface area contributed by atoms with Crippen LogP contribution in [0.4, 0.5) is 0 Å². The van der Waals surface area contributed by atoms with E-state index >= 15 is 0 Å². The minimum absolute atomic E-state index is 0.465. The van der Waals surface area contributed by atoms with Crippen molar-refractivity contribution in [3.8, 4) is 0 Å². The van der Waals surface area contributed by atoms with Gasteiger partial charge in [-0.05, 0) is 0 Å². The molecule has 3 rings (SSSR count). The van der Waals surface area contributed by atoms with E-state index in [1.54, 1.807) is 0 Å². The SMILES string of the molecule is Cc1cc2c(cn1)[se]c1ccccc12. The van der Waals surface area contributed by atoms with Gasteiger partial charge in [0.05, 0.1) is 0 Å². The van der Waals surface area contributed by atoms with Crippen LogP contribution in [0, 0.1) is 6.92 Å². The third kappa shape index (κ3) is 1.12. The summed E-state index contributed by atoms with van der Waals surface area (Å²) in [6.07, 6.45) is 2.03. The minimum atomic E-state index is 0.465. The first-order valence-corrected chi connectivity index (χ1v) is 6.30. The van der Waals surface area contributed by atoms with Gasteiger partial charge in [0.1, 0.15) is 0 Å². The van der Waals surface area contributed by atoms with Crippen LogP contribution in [0.5, 0.6) is 0 Å². The molecular weight excluding hydrogens is 237 g/mol. The summed E-state index contributed by atoms with van der Waals surface area (Å²) in [5.74, 6) is 0. The quantitative estimate of drug-likeness (QED) is 0.556. The van der Waals surface area contributed by atoms with Crippen LogP contribution in [-0.4, -0.2) is 19.5 Å². The first-order valence-electron chi connectivity index (χ1n) is 4.58. The van der Waals surface area contributed by atoms with E-state index in [1.165, 1.54) is 19.3 Å². The number of benzene rings is 1. The van der Waals surface area contributed by atoms with E-state index in [0.29, 0.717) is 14.5 Å². The summed E-state index contributed by atoms with van der Waals surface area (Å²) < 4.78 is 2.91. The Labute approximate surface area is 88.1 Å². The van der Waals surface area contributed by atoms with E-state index in [1.807, 2.05) is 13.1 Å². The van der Waals surface area contributed by atoms with Crippen LogP contribution < -0.4 is 0 Å². The first-order chi connectivity index (χ1) is 6.84. The number of aryl methyl sites for hydroxylation is 1. The summed E-state index contributed by atoms with van der Waals surface area (Å²) in [5.41, 5.74) is 1.11. The number of fused-ring (bicyclic) bond motifs is 3. The van der Waals surface area contributed by atoms with Crippen LogP contribution in [0.15, 0.2) is 36.5 Å². The Balaban J connectivity index is 2.58. The fourth-order valence-corrected chi connectivity index (χ4v) is 3.95. The van der Waals surface area contributed by atoms with Gasteiger partial charge in [-0.3, -0.25) is 0 Å². The fraction of sp³-hybridized carbons (Fsp3) is 0.0833. The van der Waals surface area contributed by atoms with Crippen molar-refractivity contribution >= 4 is 33.8 Å². The van der Waals surface area contributed by atoms with Gasteiger partial charge in [0, 0.05) is 0 Å². The molecule has 68 valence electrons. The monoisotopic (exact) mass is 247 g/mol. The number of nitrogens with zero attached hydrogens (tertiary/aromatic N) is 1. The average Bonchev–Trinajstić information content (AvgIpc) is 2.56. The molecule has 0 radical (unpaired) electrons. The number of hydrogen-bond donors (Lipinski definition) is 0. The van der Waals surface area contributed by atoms with Crippen LogP contribution in [0.1, 0.15) is 5.69 Å². The Hall–Kier alpha value is -1.11. The number of rotatable bonds is 0. The molecule has 14 heavy (non-hydrogen) atoms. The van der Waals surface area contributed by atoms with Crippen molar-refractivity contribution in [2.45, 2.75) is 6.92 Å². The Bertz CT molecular complexity index is 610. The van der Waals surface area contributed by atoms with E-state index in [2.05, 4.69) is 35.3 Å². The molecule has 0 aliphatic rings. The first kappa shape index (κ1) is 8.22. The Morgan fingerprint density at radius 1 is 1.07 bits per heavy atom. The van der Waals surface area contributed by atoms with Crippen molar-refractivity contribution in [1.82, 2.24) is 4.98 Å². The molecule has 0 amide bonds. The van der Waals surface area contributed by atoms with E-state index in [9.17, 15) is 0 Å². The fourth-order valence-electron chi connectivity index (χ4n) is 1.74. The molecular formula is C12H9NSe. The average molecular weight is 246 g/mol. The van der Waals surface area contributed by atoms with Gasteiger partial charge in [-0.15, -0.1) is 0 Å². The summed E-state index contributed by atoms with van der Waals surface area (Å²) in [5, 5.41) is 2.81. The third-order valence-corrected chi connectivity index (χ3v) is 4.75. The second-order valence-electron chi connectivity index (χ2n) is 3.42. The molecule has 2 heteroatoms. The molecule has 0 saturated heterocycles. The summed E-state index contributed by atoms with van der Waals surface area (Å²) in [6, 6.07) is 10.9. The second kappa shape index (κ2) is 2.94. The molecule has 2 aromatic heterocycles. The molecule has 1 nitrogen and oxygen atoms in total. The van der Waals surface area contributed by atoms with E-state index in [4.69, 9.17) is 0 Å². The van der Waals surface area contributed by atoms with Crippen molar-refractivity contribution in [2.75, 3.05) is 0 Å². The molecule has 0 fully saturated rings. The Kier molecular flexibility index (Phi) is 1.73. The van der Waals surface area contributed by atoms with E-state index in [0.717, 1.165) is 5.69 Å². The zero-order chi connectivity index (χ0) is 9.54. The number of hydrogen-bond acceptors (Lipinski definition) is 1. The van der Waals surface area contributed by atoms with Crippen LogP contribution in [0.25, 0.3) is 19.3 Å². The molecule has 2 heterocycles. The zero-order valence-corrected chi connectivity index (χ0v) is 9.53. The summed E-state index contributed by atoms with van der Waals surface area (Å²) in [7, 11) is 0. The third-order valence-electron chi connectivity index (χ3n) is 2.40. The maximum atomic E-state index is 4.35. The number of aromatic nitrogens is 1. The maximum absolute atomic E-state index is 4.35. The van der Waals surface area contributed by atoms with Crippen molar-refractivity contribution in [3.63, 3.8) is 0 Å². The van der Waals surface area contributed by atoms with Crippen LogP contribution in [0.2, 0.25) is 0 Å². The van der Waals surface area contributed by atoms with Crippen molar-refractivity contribution in [1.29, 1.82) is 0 Å². The predicted molar refractivity (Wildman–Crippen MR) is 60.9 cm³/mol. The summed E-state index contributed by atoms with van der Waals surface area (Å²) >= 11 is 0.465. The summed E-state index contributed by atoms with van der Waals surface area (Å²) in [6.45, 7) is 2.05. The Morgan fingerprint density at radius 2 is 1.93 bits per heavy atom. The predicted octanol–water partition coefficient (Wildman–Crippen LogP) is 2.75. The van der Waals surface area contributed by atoms with Crippen LogP contribution in [-0.2, 0) is 0 Å². The van der Waals surface area contributed by atoms with E-state index < -0.39 is 0 Å². The molecule has 0 aliphatic heterocycles. The van der Waals surface area contributed by atoms with E-state index in [-0.39, 0.29) is 0 Å².